The molecule has 1 rings (SSSR count). The summed E-state index contributed by atoms with van der Waals surface area (Å²) in [6.07, 6.45) is 0.665. The number of nitrogens with zero attached hydrogens (tertiary/aromatic N) is 3. The Kier molecular flexibility index (Phi) is 5.12. The first-order chi connectivity index (χ1) is 9.22. The molecule has 1 atom stereocenters. The van der Waals surface area contributed by atoms with Crippen LogP contribution in [0.4, 0.5) is 0 Å². The minimum absolute atomic E-state index is 0.0146. The summed E-state index contributed by atoms with van der Waals surface area (Å²) in [5.41, 5.74) is 6.42. The molecule has 114 valence electrons. The number of aromatic nitrogens is 2. The molecule has 4 N–H and O–H groups in total. The van der Waals surface area contributed by atoms with E-state index in [0.717, 1.165) is 0 Å². The quantitative estimate of drug-likeness (QED) is 0.300. The first kappa shape index (κ1) is 16.4. The minimum atomic E-state index is -3.69. The van der Waals surface area contributed by atoms with Gasteiger partial charge in [-0.2, -0.15) is 5.10 Å². The van der Waals surface area contributed by atoms with Crippen molar-refractivity contribution in [3.8, 4) is 0 Å². The van der Waals surface area contributed by atoms with Gasteiger partial charge in [-0.05, 0) is 20.3 Å². The molecule has 0 aromatic carbocycles. The molecule has 0 amide bonds. The Labute approximate surface area is 118 Å². The normalized spacial score (nSPS) is 14.5. The number of nitrogens with two attached hydrogens (primary N) is 1. The van der Waals surface area contributed by atoms with Gasteiger partial charge in [0.2, 0.25) is 10.0 Å². The lowest BCUT2D eigenvalue weighted by molar-refractivity contribution is 0.316. The van der Waals surface area contributed by atoms with Crippen LogP contribution >= 0.6 is 0 Å². The van der Waals surface area contributed by atoms with Crippen molar-refractivity contribution in [2.45, 2.75) is 44.6 Å². The number of aryl methyl sites for hydroxylation is 2. The van der Waals surface area contributed by atoms with E-state index in [9.17, 15) is 8.42 Å². The maximum absolute atomic E-state index is 12.4. The van der Waals surface area contributed by atoms with E-state index in [-0.39, 0.29) is 17.2 Å². The second kappa shape index (κ2) is 6.23. The maximum atomic E-state index is 12.4. The van der Waals surface area contributed by atoms with Crippen molar-refractivity contribution in [2.24, 2.45) is 17.9 Å². The molecule has 20 heavy (non-hydrogen) atoms. The number of rotatable bonds is 6. The highest BCUT2D eigenvalue weighted by atomic mass is 32.2. The Morgan fingerprint density at radius 3 is 2.55 bits per heavy atom. The number of sulfonamides is 1. The van der Waals surface area contributed by atoms with Crippen molar-refractivity contribution in [1.29, 1.82) is 0 Å². The molecule has 0 spiro atoms. The molecule has 0 aliphatic carbocycles. The second-order valence-corrected chi connectivity index (χ2v) is 6.30. The zero-order valence-corrected chi connectivity index (χ0v) is 12.9. The van der Waals surface area contributed by atoms with E-state index in [4.69, 9.17) is 10.9 Å². The van der Waals surface area contributed by atoms with Crippen molar-refractivity contribution < 1.29 is 13.6 Å². The van der Waals surface area contributed by atoms with Crippen LogP contribution in [-0.2, 0) is 17.1 Å². The Morgan fingerprint density at radius 2 is 2.15 bits per heavy atom. The molecule has 0 saturated carbocycles. The van der Waals surface area contributed by atoms with Gasteiger partial charge in [0.1, 0.15) is 10.7 Å². The monoisotopic (exact) mass is 303 g/mol. The number of nitrogens with one attached hydrogen (secondary N) is 1. The predicted molar refractivity (Wildman–Crippen MR) is 75.1 cm³/mol. The van der Waals surface area contributed by atoms with Crippen LogP contribution in [0.1, 0.15) is 31.2 Å². The van der Waals surface area contributed by atoms with Crippen LogP contribution in [-0.4, -0.2) is 35.3 Å². The van der Waals surface area contributed by atoms with Gasteiger partial charge in [0, 0.05) is 19.5 Å². The summed E-state index contributed by atoms with van der Waals surface area (Å²) in [4.78, 5) is 0.179. The third kappa shape index (κ3) is 3.48. The summed E-state index contributed by atoms with van der Waals surface area (Å²) in [6, 6.07) is -0.435. The Morgan fingerprint density at radius 1 is 1.55 bits per heavy atom. The minimum Gasteiger partial charge on any atom is -0.409 e. The SMILES string of the molecule is CCC(CC(N)=NO)NS(=O)(=O)c1c(C)nn(C)c1C. The average molecular weight is 303 g/mol. The third-order valence-electron chi connectivity index (χ3n) is 3.11. The van der Waals surface area contributed by atoms with Gasteiger partial charge in [0.15, 0.2) is 0 Å². The van der Waals surface area contributed by atoms with Gasteiger partial charge < -0.3 is 10.9 Å². The van der Waals surface area contributed by atoms with E-state index >= 15 is 0 Å². The van der Waals surface area contributed by atoms with Crippen LogP contribution < -0.4 is 10.5 Å². The summed E-state index contributed by atoms with van der Waals surface area (Å²) in [7, 11) is -2.00. The maximum Gasteiger partial charge on any atom is 0.244 e. The van der Waals surface area contributed by atoms with Gasteiger partial charge >= 0.3 is 0 Å². The van der Waals surface area contributed by atoms with Crippen molar-refractivity contribution >= 4 is 15.9 Å². The zero-order valence-electron chi connectivity index (χ0n) is 12.1. The molecule has 9 heteroatoms. The molecule has 0 aliphatic heterocycles. The topological polar surface area (TPSA) is 123 Å². The van der Waals surface area contributed by atoms with E-state index in [1.165, 1.54) is 4.68 Å². The fourth-order valence-electron chi connectivity index (χ4n) is 1.98. The van der Waals surface area contributed by atoms with Crippen LogP contribution in [0.25, 0.3) is 0 Å². The van der Waals surface area contributed by atoms with Crippen LogP contribution in [0, 0.1) is 13.8 Å². The first-order valence-corrected chi connectivity index (χ1v) is 7.70. The summed E-state index contributed by atoms with van der Waals surface area (Å²) in [5, 5.41) is 15.5. The van der Waals surface area contributed by atoms with Crippen molar-refractivity contribution in [1.82, 2.24) is 14.5 Å². The lowest BCUT2D eigenvalue weighted by Crippen LogP contribution is -2.37. The fraction of sp³-hybridized carbons (Fsp3) is 0.636. The van der Waals surface area contributed by atoms with Gasteiger partial charge in [0.25, 0.3) is 0 Å². The van der Waals surface area contributed by atoms with E-state index in [2.05, 4.69) is 15.0 Å². The van der Waals surface area contributed by atoms with E-state index in [1.807, 2.05) is 6.92 Å². The summed E-state index contributed by atoms with van der Waals surface area (Å²) in [5.74, 6) is -0.0146. The van der Waals surface area contributed by atoms with Gasteiger partial charge in [0.05, 0.1) is 11.4 Å². The molecule has 1 aromatic rings. The van der Waals surface area contributed by atoms with E-state index in [1.54, 1.807) is 20.9 Å². The highest BCUT2D eigenvalue weighted by Crippen LogP contribution is 2.19. The zero-order chi connectivity index (χ0) is 15.5. The molecule has 1 heterocycles. The molecule has 0 aliphatic rings. The lowest BCUT2D eigenvalue weighted by atomic mass is 10.1. The standard InChI is InChI=1S/C11H21N5O3S/c1-5-9(6-10(12)14-17)15-20(18,19)11-7(2)13-16(4)8(11)3/h9,15,17H,5-6H2,1-4H3,(H2,12,14). The fourth-order valence-corrected chi connectivity index (χ4v) is 3.74. The Bertz CT molecular complexity index is 606. The summed E-state index contributed by atoms with van der Waals surface area (Å²) < 4.78 is 28.9. The molecule has 8 nitrogen and oxygen atoms in total. The second-order valence-electron chi connectivity index (χ2n) is 4.65. The van der Waals surface area contributed by atoms with Crippen LogP contribution in [0.15, 0.2) is 10.1 Å². The molecule has 1 aromatic heterocycles. The van der Waals surface area contributed by atoms with Gasteiger partial charge in [-0.1, -0.05) is 12.1 Å². The van der Waals surface area contributed by atoms with Crippen LogP contribution in [0.3, 0.4) is 0 Å². The van der Waals surface area contributed by atoms with Crippen molar-refractivity contribution in [3.63, 3.8) is 0 Å². The average Bonchev–Trinajstić information content (AvgIpc) is 2.62. The van der Waals surface area contributed by atoms with E-state index in [0.29, 0.717) is 17.8 Å². The first-order valence-electron chi connectivity index (χ1n) is 6.21. The molecule has 0 fully saturated rings. The lowest BCUT2D eigenvalue weighted by Gasteiger charge is -2.16. The molecule has 1 unspecified atom stereocenters. The van der Waals surface area contributed by atoms with Crippen molar-refractivity contribution in [3.05, 3.63) is 11.4 Å². The van der Waals surface area contributed by atoms with Crippen LogP contribution in [0.5, 0.6) is 0 Å². The third-order valence-corrected chi connectivity index (χ3v) is 4.88. The van der Waals surface area contributed by atoms with E-state index < -0.39 is 16.1 Å². The molecule has 0 radical (unpaired) electrons. The number of hydrogen-bond acceptors (Lipinski definition) is 5. The molecular weight excluding hydrogens is 282 g/mol. The Hall–Kier alpha value is -1.61. The van der Waals surface area contributed by atoms with Gasteiger partial charge in [-0.25, -0.2) is 13.1 Å². The summed E-state index contributed by atoms with van der Waals surface area (Å²) >= 11 is 0. The van der Waals surface area contributed by atoms with Gasteiger partial charge in [-0.15, -0.1) is 0 Å². The number of hydrogen-bond donors (Lipinski definition) is 3. The summed E-state index contributed by atoms with van der Waals surface area (Å²) in [6.45, 7) is 5.16. The molecule has 0 bridgehead atoms. The van der Waals surface area contributed by atoms with Crippen LogP contribution in [0.2, 0.25) is 0 Å². The highest BCUT2D eigenvalue weighted by Gasteiger charge is 2.26. The molecule has 0 saturated heterocycles. The number of oxime groups is 1. The Balaban J connectivity index is 3.05. The largest absolute Gasteiger partial charge is 0.409 e. The smallest absolute Gasteiger partial charge is 0.244 e. The molecular formula is C11H21N5O3S. The number of amidine groups is 1. The highest BCUT2D eigenvalue weighted by molar-refractivity contribution is 7.89. The van der Waals surface area contributed by atoms with Crippen molar-refractivity contribution in [2.75, 3.05) is 0 Å². The van der Waals surface area contributed by atoms with Gasteiger partial charge in [-0.3, -0.25) is 4.68 Å². The predicted octanol–water partition coefficient (Wildman–Crippen LogP) is 0.230.